The van der Waals surface area contributed by atoms with Crippen LogP contribution in [-0.4, -0.2) is 26.4 Å². The van der Waals surface area contributed by atoms with E-state index in [1.165, 1.54) is 17.3 Å². The van der Waals surface area contributed by atoms with Gasteiger partial charge in [0.05, 0.1) is 5.75 Å². The molecule has 1 unspecified atom stereocenters. The Bertz CT molecular complexity index is 1090. The minimum absolute atomic E-state index is 0.0719. The maximum Gasteiger partial charge on any atom is 0.234 e. The zero-order valence-electron chi connectivity index (χ0n) is 21.2. The molecular weight excluding hydrogens is 444 g/mol. The molecule has 0 aliphatic carbocycles. The summed E-state index contributed by atoms with van der Waals surface area (Å²) in [7, 11) is 0. The Kier molecular flexibility index (Phi) is 8.78. The van der Waals surface area contributed by atoms with Crippen LogP contribution >= 0.6 is 11.8 Å². The van der Waals surface area contributed by atoms with Crippen LogP contribution in [0, 0.1) is 0 Å². The number of ether oxygens (including phenoxy) is 1. The number of nitrogens with one attached hydrogen (secondary N) is 1. The smallest absolute Gasteiger partial charge is 0.234 e. The second-order valence-electron chi connectivity index (χ2n) is 9.37. The summed E-state index contributed by atoms with van der Waals surface area (Å²) in [6, 6.07) is 16.2. The molecule has 1 amide bonds. The van der Waals surface area contributed by atoms with Gasteiger partial charge in [0.1, 0.15) is 5.75 Å². The van der Waals surface area contributed by atoms with Crippen LogP contribution in [0.2, 0.25) is 0 Å². The Labute approximate surface area is 207 Å². The zero-order valence-corrected chi connectivity index (χ0v) is 22.0. The number of hydrogen-bond acceptors (Lipinski definition) is 5. The van der Waals surface area contributed by atoms with Crippen molar-refractivity contribution in [3.63, 3.8) is 0 Å². The molecule has 0 bridgehead atoms. The van der Waals surface area contributed by atoms with Gasteiger partial charge in [-0.05, 0) is 61.9 Å². The summed E-state index contributed by atoms with van der Waals surface area (Å²) in [6.07, 6.45) is -0.280. The SMILES string of the molecule is CC(C)c1ccc(NC(=O)CSc2nnc(C(C)Oc3ccccc3C(C)C)n2C(C)C)cc1. The summed E-state index contributed by atoms with van der Waals surface area (Å²) >= 11 is 1.39. The quantitative estimate of drug-likeness (QED) is 0.317. The highest BCUT2D eigenvalue weighted by molar-refractivity contribution is 7.99. The topological polar surface area (TPSA) is 69.0 Å². The second kappa shape index (κ2) is 11.6. The Morgan fingerprint density at radius 2 is 1.62 bits per heavy atom. The van der Waals surface area contributed by atoms with Crippen LogP contribution in [0.15, 0.2) is 53.7 Å². The summed E-state index contributed by atoms with van der Waals surface area (Å²) in [5.74, 6) is 2.61. The van der Waals surface area contributed by atoms with E-state index in [9.17, 15) is 4.79 Å². The summed E-state index contributed by atoms with van der Waals surface area (Å²) in [4.78, 5) is 12.6. The number of anilines is 1. The molecule has 0 spiro atoms. The van der Waals surface area contributed by atoms with E-state index in [-0.39, 0.29) is 23.8 Å². The van der Waals surface area contributed by atoms with Crippen LogP contribution in [0.25, 0.3) is 0 Å². The van der Waals surface area contributed by atoms with Crippen LogP contribution in [0.5, 0.6) is 5.75 Å². The second-order valence-corrected chi connectivity index (χ2v) is 10.3. The summed E-state index contributed by atoms with van der Waals surface area (Å²) < 4.78 is 8.37. The van der Waals surface area contributed by atoms with Crippen molar-refractivity contribution < 1.29 is 9.53 Å². The number of rotatable bonds is 10. The highest BCUT2D eigenvalue weighted by atomic mass is 32.2. The van der Waals surface area contributed by atoms with Crippen LogP contribution in [-0.2, 0) is 4.79 Å². The van der Waals surface area contributed by atoms with E-state index in [0.29, 0.717) is 17.0 Å². The lowest BCUT2D eigenvalue weighted by atomic mass is 10.0. The van der Waals surface area contributed by atoms with Crippen LogP contribution < -0.4 is 10.1 Å². The molecule has 6 nitrogen and oxygen atoms in total. The molecule has 1 atom stereocenters. The number of hydrogen-bond donors (Lipinski definition) is 1. The molecule has 0 aliphatic heterocycles. The first-order valence-corrected chi connectivity index (χ1v) is 12.9. The number of aromatic nitrogens is 3. The van der Waals surface area contributed by atoms with Crippen molar-refractivity contribution in [1.82, 2.24) is 14.8 Å². The van der Waals surface area contributed by atoms with Gasteiger partial charge in [-0.1, -0.05) is 69.8 Å². The molecule has 0 fully saturated rings. The van der Waals surface area contributed by atoms with Crippen LogP contribution in [0.3, 0.4) is 0 Å². The first kappa shape index (κ1) is 25.8. The minimum atomic E-state index is -0.280. The average Bonchev–Trinajstić information content (AvgIpc) is 3.23. The van der Waals surface area contributed by atoms with E-state index in [2.05, 4.69) is 67.7 Å². The summed E-state index contributed by atoms with van der Waals surface area (Å²) in [5, 5.41) is 12.5. The van der Waals surface area contributed by atoms with Crippen molar-refractivity contribution in [2.75, 3.05) is 11.1 Å². The molecule has 182 valence electrons. The van der Waals surface area contributed by atoms with E-state index < -0.39 is 0 Å². The third kappa shape index (κ3) is 6.41. The largest absolute Gasteiger partial charge is 0.482 e. The maximum atomic E-state index is 12.6. The van der Waals surface area contributed by atoms with Gasteiger partial charge in [0.2, 0.25) is 5.91 Å². The molecule has 1 aromatic heterocycles. The van der Waals surface area contributed by atoms with E-state index in [1.807, 2.05) is 49.4 Å². The molecule has 3 aromatic rings. The fourth-order valence-electron chi connectivity index (χ4n) is 3.74. The maximum absolute atomic E-state index is 12.6. The van der Waals surface area contributed by atoms with E-state index in [1.54, 1.807) is 0 Å². The van der Waals surface area contributed by atoms with Gasteiger partial charge < -0.3 is 14.6 Å². The predicted molar refractivity (Wildman–Crippen MR) is 140 cm³/mol. The van der Waals surface area contributed by atoms with Crippen molar-refractivity contribution in [2.45, 2.75) is 77.6 Å². The number of amides is 1. The van der Waals surface area contributed by atoms with Crippen molar-refractivity contribution in [3.05, 3.63) is 65.5 Å². The molecule has 2 aromatic carbocycles. The number of benzene rings is 2. The number of carbonyl (C=O) groups is 1. The Morgan fingerprint density at radius 1 is 0.941 bits per heavy atom. The molecular formula is C27H36N4O2S. The standard InChI is InChI=1S/C27H36N4O2S/c1-17(2)21-12-14-22(15-13-21)28-25(32)16-34-27-30-29-26(31(27)19(5)6)20(7)33-24-11-9-8-10-23(24)18(3)4/h8-15,17-20H,16H2,1-7H3,(H,28,32). The minimum Gasteiger partial charge on any atom is -0.482 e. The highest BCUT2D eigenvalue weighted by Crippen LogP contribution is 2.32. The fraction of sp³-hybridized carbons (Fsp3) is 0.444. The molecule has 0 saturated heterocycles. The highest BCUT2D eigenvalue weighted by Gasteiger charge is 2.23. The van der Waals surface area contributed by atoms with Gasteiger partial charge in [-0.25, -0.2) is 0 Å². The lowest BCUT2D eigenvalue weighted by molar-refractivity contribution is -0.113. The first-order chi connectivity index (χ1) is 16.2. The molecule has 34 heavy (non-hydrogen) atoms. The lowest BCUT2D eigenvalue weighted by Crippen LogP contribution is -2.17. The Hall–Kier alpha value is -2.80. The lowest BCUT2D eigenvalue weighted by Gasteiger charge is -2.21. The van der Waals surface area contributed by atoms with E-state index in [4.69, 9.17) is 4.74 Å². The third-order valence-corrected chi connectivity index (χ3v) is 6.55. The summed E-state index contributed by atoms with van der Waals surface area (Å²) in [5.41, 5.74) is 3.21. The van der Waals surface area contributed by atoms with Gasteiger partial charge in [-0.2, -0.15) is 0 Å². The fourth-order valence-corrected chi connectivity index (χ4v) is 4.61. The van der Waals surface area contributed by atoms with Crippen LogP contribution in [0.4, 0.5) is 5.69 Å². The Balaban J connectivity index is 1.68. The molecule has 1 heterocycles. The van der Waals surface area contributed by atoms with Gasteiger partial charge in [-0.3, -0.25) is 4.79 Å². The van der Waals surface area contributed by atoms with Crippen LogP contribution in [0.1, 0.15) is 89.4 Å². The van der Waals surface area contributed by atoms with Crippen molar-refractivity contribution in [2.24, 2.45) is 0 Å². The third-order valence-electron chi connectivity index (χ3n) is 5.61. The number of thioether (sulfide) groups is 1. The van der Waals surface area contributed by atoms with Gasteiger partial charge in [0.25, 0.3) is 0 Å². The molecule has 1 N–H and O–H groups in total. The molecule has 3 rings (SSSR count). The molecule has 0 aliphatic rings. The van der Waals surface area contributed by atoms with Crippen molar-refractivity contribution >= 4 is 23.4 Å². The van der Waals surface area contributed by atoms with Crippen molar-refractivity contribution in [3.8, 4) is 5.75 Å². The normalized spacial score (nSPS) is 12.4. The van der Waals surface area contributed by atoms with Gasteiger partial charge in [0, 0.05) is 11.7 Å². The number of nitrogens with zero attached hydrogens (tertiary/aromatic N) is 3. The molecule has 7 heteroatoms. The Morgan fingerprint density at radius 3 is 2.24 bits per heavy atom. The van der Waals surface area contributed by atoms with E-state index >= 15 is 0 Å². The van der Waals surface area contributed by atoms with Gasteiger partial charge >= 0.3 is 0 Å². The first-order valence-electron chi connectivity index (χ1n) is 11.9. The predicted octanol–water partition coefficient (Wildman–Crippen LogP) is 6.98. The number of carbonyl (C=O) groups excluding carboxylic acids is 1. The molecule has 0 radical (unpaired) electrons. The summed E-state index contributed by atoms with van der Waals surface area (Å²) in [6.45, 7) is 14.8. The number of para-hydroxylation sites is 1. The van der Waals surface area contributed by atoms with Crippen molar-refractivity contribution in [1.29, 1.82) is 0 Å². The van der Waals surface area contributed by atoms with Gasteiger partial charge in [0.15, 0.2) is 17.1 Å². The van der Waals surface area contributed by atoms with E-state index in [0.717, 1.165) is 22.8 Å². The average molecular weight is 481 g/mol. The molecule has 0 saturated carbocycles. The van der Waals surface area contributed by atoms with Gasteiger partial charge in [-0.15, -0.1) is 10.2 Å². The zero-order chi connectivity index (χ0) is 24.8. The monoisotopic (exact) mass is 480 g/mol.